The van der Waals surface area contributed by atoms with E-state index in [0.29, 0.717) is 18.7 Å². The maximum absolute atomic E-state index is 13.1. The average molecular weight is 398 g/mol. The van der Waals surface area contributed by atoms with Crippen LogP contribution in [0.25, 0.3) is 0 Å². The van der Waals surface area contributed by atoms with E-state index in [1.165, 1.54) is 0 Å². The monoisotopic (exact) mass is 398 g/mol. The van der Waals surface area contributed by atoms with Gasteiger partial charge in [0.2, 0.25) is 0 Å². The third-order valence-corrected chi connectivity index (χ3v) is 3.87. The minimum absolute atomic E-state index is 0.0118. The lowest BCUT2D eigenvalue weighted by Gasteiger charge is -2.37. The zero-order chi connectivity index (χ0) is 20.6. The lowest BCUT2D eigenvalue weighted by molar-refractivity contribution is -0.143. The molecule has 4 nitrogen and oxygen atoms in total. The Morgan fingerprint density at radius 3 is 2.00 bits per heavy atom. The normalized spacial score (nSPS) is 19.1. The van der Waals surface area contributed by atoms with Gasteiger partial charge in [-0.15, -0.1) is 0 Å². The first-order valence-electron chi connectivity index (χ1n) is 8.18. The molecule has 0 unspecified atom stereocenters. The highest BCUT2D eigenvalue weighted by Crippen LogP contribution is 2.38. The topological polar surface area (TPSA) is 41.6 Å². The molecule has 1 atom stereocenters. The van der Waals surface area contributed by atoms with Crippen molar-refractivity contribution in [3.05, 3.63) is 34.9 Å². The Morgan fingerprint density at radius 2 is 1.56 bits per heavy atom. The van der Waals surface area contributed by atoms with Gasteiger partial charge in [-0.1, -0.05) is 0 Å². The summed E-state index contributed by atoms with van der Waals surface area (Å²) in [7, 11) is 0. The third kappa shape index (κ3) is 5.50. The van der Waals surface area contributed by atoms with Gasteiger partial charge >= 0.3 is 18.4 Å². The van der Waals surface area contributed by atoms with Crippen LogP contribution in [0, 0.1) is 0 Å². The zero-order valence-electron chi connectivity index (χ0n) is 15.0. The molecule has 1 heterocycles. The van der Waals surface area contributed by atoms with E-state index in [4.69, 9.17) is 4.74 Å². The summed E-state index contributed by atoms with van der Waals surface area (Å²) in [6.45, 7) is 5.31. The van der Waals surface area contributed by atoms with Crippen LogP contribution in [0.5, 0.6) is 0 Å². The number of benzene rings is 1. The van der Waals surface area contributed by atoms with Crippen molar-refractivity contribution in [1.29, 1.82) is 0 Å². The minimum atomic E-state index is -4.95. The van der Waals surface area contributed by atoms with Crippen molar-refractivity contribution >= 4 is 6.09 Å². The largest absolute Gasteiger partial charge is 0.444 e. The van der Waals surface area contributed by atoms with E-state index in [0.717, 1.165) is 4.90 Å². The van der Waals surface area contributed by atoms with Gasteiger partial charge in [-0.05, 0) is 44.5 Å². The lowest BCUT2D eigenvalue weighted by atomic mass is 9.97. The summed E-state index contributed by atoms with van der Waals surface area (Å²) < 4.78 is 83.8. The first-order chi connectivity index (χ1) is 12.2. The number of hydrogen-bond acceptors (Lipinski definition) is 3. The molecule has 1 amide bonds. The standard InChI is InChI=1S/C17H20F6N2O2/c1-15(2,3)27-14(26)25-5-4-24-9-13(25)10-6-11(16(18,19)20)8-12(7-10)17(21,22)23/h6-8,13,24H,4-5,9H2,1-3H3/t13-/m0/s1. The van der Waals surface area contributed by atoms with Crippen LogP contribution in [-0.2, 0) is 17.1 Å². The number of nitrogens with zero attached hydrogens (tertiary/aromatic N) is 1. The molecule has 1 aliphatic rings. The van der Waals surface area contributed by atoms with Gasteiger partial charge in [0.25, 0.3) is 0 Å². The van der Waals surface area contributed by atoms with Crippen LogP contribution < -0.4 is 5.32 Å². The smallest absolute Gasteiger partial charge is 0.416 e. The van der Waals surface area contributed by atoms with E-state index in [9.17, 15) is 31.1 Å². The molecule has 0 aromatic heterocycles. The molecular weight excluding hydrogens is 378 g/mol. The Kier molecular flexibility index (Phi) is 5.70. The van der Waals surface area contributed by atoms with E-state index in [2.05, 4.69) is 5.32 Å². The van der Waals surface area contributed by atoms with E-state index in [1.54, 1.807) is 20.8 Å². The lowest BCUT2D eigenvalue weighted by Crippen LogP contribution is -2.50. The Labute approximate surface area is 152 Å². The summed E-state index contributed by atoms with van der Waals surface area (Å²) in [4.78, 5) is 13.5. The minimum Gasteiger partial charge on any atom is -0.444 e. The van der Waals surface area contributed by atoms with Gasteiger partial charge in [0.15, 0.2) is 0 Å². The quantitative estimate of drug-likeness (QED) is 0.703. The van der Waals surface area contributed by atoms with Crippen molar-refractivity contribution in [2.75, 3.05) is 19.6 Å². The number of carbonyl (C=O) groups is 1. The van der Waals surface area contributed by atoms with Crippen LogP contribution in [0.4, 0.5) is 31.1 Å². The molecule has 0 spiro atoms. The third-order valence-electron chi connectivity index (χ3n) is 3.87. The van der Waals surface area contributed by atoms with Crippen LogP contribution in [0.2, 0.25) is 0 Å². The SMILES string of the molecule is CC(C)(C)OC(=O)N1CCNC[C@H]1c1cc(C(F)(F)F)cc(C(F)(F)F)c1. The molecule has 0 bridgehead atoms. The number of rotatable bonds is 1. The van der Waals surface area contributed by atoms with Crippen LogP contribution in [-0.4, -0.2) is 36.2 Å². The Morgan fingerprint density at radius 1 is 1.04 bits per heavy atom. The van der Waals surface area contributed by atoms with E-state index >= 15 is 0 Å². The molecule has 1 aromatic carbocycles. The molecule has 1 fully saturated rings. The number of piperazine rings is 1. The number of amides is 1. The second kappa shape index (κ2) is 7.21. The molecule has 1 N–H and O–H groups in total. The fourth-order valence-corrected chi connectivity index (χ4v) is 2.71. The van der Waals surface area contributed by atoms with Crippen molar-refractivity contribution < 1.29 is 35.9 Å². The first-order valence-corrected chi connectivity index (χ1v) is 8.18. The molecule has 1 saturated heterocycles. The van der Waals surface area contributed by atoms with Gasteiger partial charge < -0.3 is 10.1 Å². The van der Waals surface area contributed by atoms with Gasteiger partial charge in [0.1, 0.15) is 5.60 Å². The summed E-state index contributed by atoms with van der Waals surface area (Å²) in [6, 6.07) is 0.337. The van der Waals surface area contributed by atoms with E-state index in [-0.39, 0.29) is 24.7 Å². The van der Waals surface area contributed by atoms with Crippen molar-refractivity contribution in [3.8, 4) is 0 Å². The predicted molar refractivity (Wildman–Crippen MR) is 85.0 cm³/mol. The Hall–Kier alpha value is -1.97. The predicted octanol–water partition coefficient (Wildman–Crippen LogP) is 4.61. The highest BCUT2D eigenvalue weighted by atomic mass is 19.4. The van der Waals surface area contributed by atoms with Crippen LogP contribution in [0.1, 0.15) is 43.5 Å². The first kappa shape index (κ1) is 21.3. The van der Waals surface area contributed by atoms with Crippen LogP contribution in [0.15, 0.2) is 18.2 Å². The molecule has 1 aliphatic heterocycles. The number of alkyl halides is 6. The molecule has 2 rings (SSSR count). The Bertz CT molecular complexity index is 662. The highest BCUT2D eigenvalue weighted by Gasteiger charge is 2.39. The number of ether oxygens (including phenoxy) is 1. The molecule has 27 heavy (non-hydrogen) atoms. The molecule has 1 aromatic rings. The number of halogens is 6. The summed E-state index contributed by atoms with van der Waals surface area (Å²) >= 11 is 0. The van der Waals surface area contributed by atoms with E-state index < -0.39 is 41.2 Å². The summed E-state index contributed by atoms with van der Waals surface area (Å²) in [6.07, 6.45) is -10.7. The van der Waals surface area contributed by atoms with Gasteiger partial charge in [0, 0.05) is 19.6 Å². The van der Waals surface area contributed by atoms with Gasteiger partial charge in [-0.2, -0.15) is 26.3 Å². The molecule has 0 radical (unpaired) electrons. The van der Waals surface area contributed by atoms with Crippen LogP contribution in [0.3, 0.4) is 0 Å². The summed E-state index contributed by atoms with van der Waals surface area (Å²) in [5.41, 5.74) is -3.93. The van der Waals surface area contributed by atoms with Gasteiger partial charge in [-0.3, -0.25) is 4.90 Å². The summed E-state index contributed by atoms with van der Waals surface area (Å²) in [5.74, 6) is 0. The van der Waals surface area contributed by atoms with Gasteiger partial charge in [0.05, 0.1) is 17.2 Å². The number of carbonyl (C=O) groups excluding carboxylic acids is 1. The fraction of sp³-hybridized carbons (Fsp3) is 0.588. The number of hydrogen-bond donors (Lipinski definition) is 1. The van der Waals surface area contributed by atoms with E-state index in [1.807, 2.05) is 0 Å². The maximum Gasteiger partial charge on any atom is 0.416 e. The molecule has 0 saturated carbocycles. The average Bonchev–Trinajstić information content (AvgIpc) is 2.51. The molecule has 10 heteroatoms. The summed E-state index contributed by atoms with van der Waals surface area (Å²) in [5, 5.41) is 2.89. The van der Waals surface area contributed by atoms with Crippen molar-refractivity contribution in [1.82, 2.24) is 10.2 Å². The molecular formula is C17H20F6N2O2. The zero-order valence-corrected chi connectivity index (χ0v) is 15.0. The van der Waals surface area contributed by atoms with Crippen molar-refractivity contribution in [3.63, 3.8) is 0 Å². The van der Waals surface area contributed by atoms with Gasteiger partial charge in [-0.25, -0.2) is 4.79 Å². The van der Waals surface area contributed by atoms with Crippen LogP contribution >= 0.6 is 0 Å². The second-order valence-electron chi connectivity index (χ2n) is 7.23. The maximum atomic E-state index is 13.1. The number of nitrogens with one attached hydrogen (secondary N) is 1. The molecule has 0 aliphatic carbocycles. The molecule has 152 valence electrons. The second-order valence-corrected chi connectivity index (χ2v) is 7.23. The fourth-order valence-electron chi connectivity index (χ4n) is 2.71. The van der Waals surface area contributed by atoms with Crippen molar-refractivity contribution in [2.24, 2.45) is 0 Å². The van der Waals surface area contributed by atoms with Crippen molar-refractivity contribution in [2.45, 2.75) is 44.8 Å². The highest BCUT2D eigenvalue weighted by molar-refractivity contribution is 5.69. The Balaban J connectivity index is 2.48.